The fourth-order valence-electron chi connectivity index (χ4n) is 3.34. The van der Waals surface area contributed by atoms with Crippen molar-refractivity contribution in [1.82, 2.24) is 25.0 Å². The van der Waals surface area contributed by atoms with Crippen molar-refractivity contribution < 1.29 is 4.79 Å². The van der Waals surface area contributed by atoms with E-state index in [0.717, 1.165) is 44.2 Å². The molecule has 0 radical (unpaired) electrons. The molecule has 1 aliphatic rings. The van der Waals surface area contributed by atoms with Crippen molar-refractivity contribution in [3.05, 3.63) is 47.0 Å². The molecule has 6 heteroatoms. The average Bonchev–Trinajstić information content (AvgIpc) is 2.92. The van der Waals surface area contributed by atoms with Crippen molar-refractivity contribution in [2.75, 3.05) is 13.1 Å². The van der Waals surface area contributed by atoms with E-state index in [1.807, 2.05) is 20.8 Å². The lowest BCUT2D eigenvalue weighted by Crippen LogP contribution is -2.32. The average molecular weight is 355 g/mol. The number of fused-ring (bicyclic) bond motifs is 1. The van der Waals surface area contributed by atoms with Crippen molar-refractivity contribution in [3.8, 4) is 0 Å². The molecule has 0 saturated heterocycles. The molecule has 6 nitrogen and oxygen atoms in total. The van der Waals surface area contributed by atoms with E-state index in [1.54, 1.807) is 0 Å². The SMILES string of the molecule is Cc1ccccc1CN1CCc2nnc(C(C)NC(=O)C(C)C)n2CC1. The van der Waals surface area contributed by atoms with Gasteiger partial charge in [0.2, 0.25) is 5.91 Å². The van der Waals surface area contributed by atoms with Gasteiger partial charge in [0.05, 0.1) is 6.04 Å². The standard InChI is InChI=1S/C20H29N5O/c1-14(2)20(26)21-16(4)19-23-22-18-9-10-24(11-12-25(18)19)13-17-8-6-5-7-15(17)3/h5-8,14,16H,9-13H2,1-4H3,(H,21,26). The van der Waals surface area contributed by atoms with E-state index < -0.39 is 0 Å². The maximum absolute atomic E-state index is 12.0. The molecule has 0 spiro atoms. The zero-order valence-electron chi connectivity index (χ0n) is 16.2. The lowest BCUT2D eigenvalue weighted by Gasteiger charge is -2.21. The fourth-order valence-corrected chi connectivity index (χ4v) is 3.34. The quantitative estimate of drug-likeness (QED) is 0.895. The van der Waals surface area contributed by atoms with Gasteiger partial charge in [-0.15, -0.1) is 10.2 Å². The summed E-state index contributed by atoms with van der Waals surface area (Å²) in [4.78, 5) is 14.5. The number of benzene rings is 1. The van der Waals surface area contributed by atoms with Crippen LogP contribution in [0.25, 0.3) is 0 Å². The number of carbonyl (C=O) groups is 1. The zero-order valence-corrected chi connectivity index (χ0v) is 16.2. The Balaban J connectivity index is 1.68. The summed E-state index contributed by atoms with van der Waals surface area (Å²) in [5.41, 5.74) is 2.71. The van der Waals surface area contributed by atoms with Gasteiger partial charge in [0.25, 0.3) is 0 Å². The molecule has 2 aromatic rings. The Morgan fingerprint density at radius 2 is 1.92 bits per heavy atom. The van der Waals surface area contributed by atoms with Gasteiger partial charge in [-0.2, -0.15) is 0 Å². The molecule has 140 valence electrons. The summed E-state index contributed by atoms with van der Waals surface area (Å²) < 4.78 is 2.18. The summed E-state index contributed by atoms with van der Waals surface area (Å²) in [6.45, 7) is 11.7. The summed E-state index contributed by atoms with van der Waals surface area (Å²) in [6.07, 6.45) is 0.879. The van der Waals surface area contributed by atoms with E-state index in [2.05, 4.69) is 56.2 Å². The summed E-state index contributed by atoms with van der Waals surface area (Å²) in [5, 5.41) is 11.8. The van der Waals surface area contributed by atoms with Gasteiger partial charge in [0, 0.05) is 38.5 Å². The summed E-state index contributed by atoms with van der Waals surface area (Å²) in [6, 6.07) is 8.43. The molecule has 1 amide bonds. The molecule has 0 bridgehead atoms. The van der Waals surface area contributed by atoms with Gasteiger partial charge in [-0.3, -0.25) is 9.69 Å². The Morgan fingerprint density at radius 1 is 1.15 bits per heavy atom. The Bertz CT molecular complexity index is 767. The van der Waals surface area contributed by atoms with Crippen LogP contribution in [0.2, 0.25) is 0 Å². The minimum Gasteiger partial charge on any atom is -0.346 e. The zero-order chi connectivity index (χ0) is 18.7. The van der Waals surface area contributed by atoms with E-state index in [1.165, 1.54) is 11.1 Å². The van der Waals surface area contributed by atoms with Crippen molar-refractivity contribution in [2.24, 2.45) is 5.92 Å². The maximum Gasteiger partial charge on any atom is 0.223 e. The number of carbonyl (C=O) groups excluding carboxylic acids is 1. The lowest BCUT2D eigenvalue weighted by molar-refractivity contribution is -0.124. The second-order valence-electron chi connectivity index (χ2n) is 7.46. The van der Waals surface area contributed by atoms with Crippen LogP contribution in [0.15, 0.2) is 24.3 Å². The Hall–Kier alpha value is -2.21. The van der Waals surface area contributed by atoms with Gasteiger partial charge >= 0.3 is 0 Å². The van der Waals surface area contributed by atoms with Crippen LogP contribution in [0.3, 0.4) is 0 Å². The van der Waals surface area contributed by atoms with Crippen molar-refractivity contribution >= 4 is 5.91 Å². The predicted octanol–water partition coefficient (Wildman–Crippen LogP) is 2.48. The second-order valence-corrected chi connectivity index (χ2v) is 7.46. The molecule has 1 aliphatic heterocycles. The second kappa shape index (κ2) is 7.99. The third-order valence-corrected chi connectivity index (χ3v) is 5.07. The van der Waals surface area contributed by atoms with E-state index >= 15 is 0 Å². The van der Waals surface area contributed by atoms with Crippen LogP contribution in [0.4, 0.5) is 0 Å². The lowest BCUT2D eigenvalue weighted by atomic mass is 10.1. The molecule has 1 aromatic heterocycles. The number of aryl methyl sites for hydroxylation is 1. The topological polar surface area (TPSA) is 63.1 Å². The molecule has 1 aromatic carbocycles. The van der Waals surface area contributed by atoms with Crippen molar-refractivity contribution in [2.45, 2.75) is 53.2 Å². The van der Waals surface area contributed by atoms with Crippen LogP contribution in [0.5, 0.6) is 0 Å². The Kier molecular flexibility index (Phi) is 5.71. The van der Waals surface area contributed by atoms with Crippen molar-refractivity contribution in [1.29, 1.82) is 0 Å². The predicted molar refractivity (Wildman–Crippen MR) is 102 cm³/mol. The van der Waals surface area contributed by atoms with Gasteiger partial charge in [-0.05, 0) is 25.0 Å². The largest absolute Gasteiger partial charge is 0.346 e. The van der Waals surface area contributed by atoms with Gasteiger partial charge in [-0.1, -0.05) is 38.1 Å². The van der Waals surface area contributed by atoms with Crippen LogP contribution < -0.4 is 5.32 Å². The van der Waals surface area contributed by atoms with Crippen molar-refractivity contribution in [3.63, 3.8) is 0 Å². The van der Waals surface area contributed by atoms with Crippen LogP contribution in [-0.2, 0) is 24.3 Å². The Labute approximate surface area is 155 Å². The number of rotatable bonds is 5. The molecule has 0 fully saturated rings. The third-order valence-electron chi connectivity index (χ3n) is 5.07. The van der Waals surface area contributed by atoms with Gasteiger partial charge < -0.3 is 9.88 Å². The highest BCUT2D eigenvalue weighted by Gasteiger charge is 2.23. The number of hydrogen-bond acceptors (Lipinski definition) is 4. The van der Waals surface area contributed by atoms with Gasteiger partial charge in [-0.25, -0.2) is 0 Å². The highest BCUT2D eigenvalue weighted by atomic mass is 16.1. The normalized spacial score (nSPS) is 16.2. The first-order valence-electron chi connectivity index (χ1n) is 9.45. The highest BCUT2D eigenvalue weighted by Crippen LogP contribution is 2.18. The fraction of sp³-hybridized carbons (Fsp3) is 0.550. The monoisotopic (exact) mass is 355 g/mol. The summed E-state index contributed by atoms with van der Waals surface area (Å²) >= 11 is 0. The molecule has 0 saturated carbocycles. The number of nitrogens with one attached hydrogen (secondary N) is 1. The molecule has 1 N–H and O–H groups in total. The van der Waals surface area contributed by atoms with Gasteiger partial charge in [0.15, 0.2) is 5.82 Å². The number of amides is 1. The Morgan fingerprint density at radius 3 is 2.65 bits per heavy atom. The third kappa shape index (κ3) is 4.12. The minimum atomic E-state index is -0.130. The van der Waals surface area contributed by atoms with E-state index in [9.17, 15) is 4.79 Å². The minimum absolute atomic E-state index is 0.0337. The highest BCUT2D eigenvalue weighted by molar-refractivity contribution is 5.78. The first kappa shape index (κ1) is 18.6. The number of hydrogen-bond donors (Lipinski definition) is 1. The van der Waals surface area contributed by atoms with Crippen LogP contribution >= 0.6 is 0 Å². The van der Waals surface area contributed by atoms with Gasteiger partial charge in [0.1, 0.15) is 5.82 Å². The summed E-state index contributed by atoms with van der Waals surface area (Å²) in [5.74, 6) is 1.88. The molecular formula is C20H29N5O. The number of nitrogens with zero attached hydrogens (tertiary/aromatic N) is 4. The molecule has 2 heterocycles. The maximum atomic E-state index is 12.0. The van der Waals surface area contributed by atoms with E-state index in [4.69, 9.17) is 0 Å². The van der Waals surface area contributed by atoms with E-state index in [-0.39, 0.29) is 17.9 Å². The van der Waals surface area contributed by atoms with Crippen LogP contribution in [0.1, 0.15) is 49.6 Å². The summed E-state index contributed by atoms with van der Waals surface area (Å²) in [7, 11) is 0. The first-order valence-corrected chi connectivity index (χ1v) is 9.45. The number of aromatic nitrogens is 3. The molecular weight excluding hydrogens is 326 g/mol. The van der Waals surface area contributed by atoms with E-state index in [0.29, 0.717) is 0 Å². The molecule has 26 heavy (non-hydrogen) atoms. The van der Waals surface area contributed by atoms with Crippen LogP contribution in [0, 0.1) is 12.8 Å². The molecule has 1 atom stereocenters. The smallest absolute Gasteiger partial charge is 0.223 e. The van der Waals surface area contributed by atoms with Crippen LogP contribution in [-0.4, -0.2) is 38.7 Å². The first-order chi connectivity index (χ1) is 12.5. The molecule has 1 unspecified atom stereocenters. The molecule has 3 rings (SSSR count). The molecule has 0 aliphatic carbocycles.